The zero-order chi connectivity index (χ0) is 12.5. The zero-order valence-electron chi connectivity index (χ0n) is 10.9. The van der Waals surface area contributed by atoms with Gasteiger partial charge in [-0.1, -0.05) is 32.9 Å². The first-order valence-electron chi connectivity index (χ1n) is 5.66. The maximum Gasteiger partial charge on any atom is 0.0950 e. The highest BCUT2D eigenvalue weighted by Gasteiger charge is 2.18. The third-order valence-electron chi connectivity index (χ3n) is 3.01. The summed E-state index contributed by atoms with van der Waals surface area (Å²) in [5.41, 5.74) is 10.7. The summed E-state index contributed by atoms with van der Waals surface area (Å²) < 4.78 is 0. The Labute approximate surface area is 98.4 Å². The summed E-state index contributed by atoms with van der Waals surface area (Å²) in [4.78, 5) is 0. The minimum atomic E-state index is 0.142. The van der Waals surface area contributed by atoms with E-state index in [1.54, 1.807) is 0 Å². The van der Waals surface area contributed by atoms with Gasteiger partial charge >= 0.3 is 0 Å². The second-order valence-corrected chi connectivity index (χ2v) is 5.49. The molecule has 0 fully saturated rings. The Morgan fingerprint density at radius 2 is 1.81 bits per heavy atom. The van der Waals surface area contributed by atoms with E-state index >= 15 is 0 Å². The SMILES string of the molecule is Cc1ccc(C(C)(C)C)c(C)c1CC(=N)N. The normalized spacial score (nSPS) is 11.6. The molecule has 2 nitrogen and oxygen atoms in total. The first kappa shape index (κ1) is 12.8. The van der Waals surface area contributed by atoms with E-state index in [4.69, 9.17) is 11.1 Å². The van der Waals surface area contributed by atoms with Crippen molar-refractivity contribution in [1.82, 2.24) is 0 Å². The molecular weight excluding hydrogens is 196 g/mol. The second-order valence-electron chi connectivity index (χ2n) is 5.49. The maximum absolute atomic E-state index is 7.43. The van der Waals surface area contributed by atoms with Crippen LogP contribution in [-0.2, 0) is 11.8 Å². The van der Waals surface area contributed by atoms with Gasteiger partial charge in [0.05, 0.1) is 5.84 Å². The summed E-state index contributed by atoms with van der Waals surface area (Å²) in [5, 5.41) is 7.43. The molecule has 0 unspecified atom stereocenters. The van der Waals surface area contributed by atoms with Crippen molar-refractivity contribution in [2.24, 2.45) is 5.73 Å². The van der Waals surface area contributed by atoms with Crippen molar-refractivity contribution in [3.05, 3.63) is 34.4 Å². The van der Waals surface area contributed by atoms with Crippen molar-refractivity contribution in [2.45, 2.75) is 46.5 Å². The summed E-state index contributed by atoms with van der Waals surface area (Å²) in [5.74, 6) is 0.234. The van der Waals surface area contributed by atoms with Crippen molar-refractivity contribution in [1.29, 1.82) is 5.41 Å². The molecule has 88 valence electrons. The fraction of sp³-hybridized carbons (Fsp3) is 0.500. The number of aryl methyl sites for hydroxylation is 1. The zero-order valence-corrected chi connectivity index (χ0v) is 10.9. The molecule has 0 spiro atoms. The fourth-order valence-electron chi connectivity index (χ4n) is 2.17. The molecule has 0 aliphatic carbocycles. The molecule has 0 radical (unpaired) electrons. The van der Waals surface area contributed by atoms with Crippen molar-refractivity contribution in [3.8, 4) is 0 Å². The van der Waals surface area contributed by atoms with E-state index in [0.29, 0.717) is 6.42 Å². The highest BCUT2D eigenvalue weighted by Crippen LogP contribution is 2.29. The van der Waals surface area contributed by atoms with Gasteiger partial charge in [0.1, 0.15) is 0 Å². The molecular formula is C14H22N2. The third kappa shape index (κ3) is 2.63. The molecule has 0 aliphatic rings. The Balaban J connectivity index is 3.33. The summed E-state index contributed by atoms with van der Waals surface area (Å²) >= 11 is 0. The van der Waals surface area contributed by atoms with Crippen LogP contribution in [0.3, 0.4) is 0 Å². The minimum absolute atomic E-state index is 0.142. The second kappa shape index (κ2) is 4.28. The number of hydrogen-bond acceptors (Lipinski definition) is 1. The van der Waals surface area contributed by atoms with Crippen molar-refractivity contribution in [3.63, 3.8) is 0 Å². The maximum atomic E-state index is 7.43. The molecule has 3 N–H and O–H groups in total. The van der Waals surface area contributed by atoms with Gasteiger partial charge in [-0.15, -0.1) is 0 Å². The molecule has 0 aromatic heterocycles. The van der Waals surface area contributed by atoms with Gasteiger partial charge in [0.2, 0.25) is 0 Å². The molecule has 16 heavy (non-hydrogen) atoms. The quantitative estimate of drug-likeness (QED) is 0.581. The van der Waals surface area contributed by atoms with Crippen molar-refractivity contribution in [2.75, 3.05) is 0 Å². The van der Waals surface area contributed by atoms with Crippen LogP contribution >= 0.6 is 0 Å². The predicted molar refractivity (Wildman–Crippen MR) is 70.2 cm³/mol. The van der Waals surface area contributed by atoms with E-state index < -0.39 is 0 Å². The molecule has 1 rings (SSSR count). The van der Waals surface area contributed by atoms with Crippen LogP contribution in [0.1, 0.15) is 43.0 Å². The minimum Gasteiger partial charge on any atom is -0.387 e. The lowest BCUT2D eigenvalue weighted by Crippen LogP contribution is -2.18. The topological polar surface area (TPSA) is 49.9 Å². The number of amidine groups is 1. The van der Waals surface area contributed by atoms with E-state index in [-0.39, 0.29) is 11.3 Å². The number of benzene rings is 1. The fourth-order valence-corrected chi connectivity index (χ4v) is 2.17. The summed E-state index contributed by atoms with van der Waals surface area (Å²) in [7, 11) is 0. The standard InChI is InChI=1S/C14H22N2/c1-9-6-7-12(14(3,4)5)10(2)11(9)8-13(15)16/h6-7H,8H2,1-5H3,(H3,15,16). The number of nitrogens with one attached hydrogen (secondary N) is 1. The lowest BCUT2D eigenvalue weighted by molar-refractivity contribution is 0.585. The van der Waals surface area contributed by atoms with Gasteiger partial charge in [-0.25, -0.2) is 0 Å². The van der Waals surface area contributed by atoms with Crippen molar-refractivity contribution < 1.29 is 0 Å². The highest BCUT2D eigenvalue weighted by atomic mass is 14.7. The van der Waals surface area contributed by atoms with Crippen molar-refractivity contribution >= 4 is 5.84 Å². The van der Waals surface area contributed by atoms with E-state index in [1.807, 2.05) is 0 Å². The average Bonchev–Trinajstić information content (AvgIpc) is 2.09. The first-order chi connectivity index (χ1) is 7.23. The van der Waals surface area contributed by atoms with Crippen LogP contribution in [0.2, 0.25) is 0 Å². The number of hydrogen-bond donors (Lipinski definition) is 2. The summed E-state index contributed by atoms with van der Waals surface area (Å²) in [6.45, 7) is 10.8. The predicted octanol–water partition coefficient (Wildman–Crippen LogP) is 3.08. The summed E-state index contributed by atoms with van der Waals surface area (Å²) in [6.07, 6.45) is 0.557. The lowest BCUT2D eigenvalue weighted by atomic mass is 9.81. The Bertz CT molecular complexity index is 411. The molecule has 2 heteroatoms. The van der Waals surface area contributed by atoms with Gasteiger partial charge in [-0.2, -0.15) is 0 Å². The van der Waals surface area contributed by atoms with Gasteiger partial charge in [-0.05, 0) is 41.5 Å². The molecule has 0 heterocycles. The van der Waals surface area contributed by atoms with E-state index in [0.717, 1.165) is 0 Å². The van der Waals surface area contributed by atoms with Crippen LogP contribution in [0.15, 0.2) is 12.1 Å². The molecule has 0 saturated heterocycles. The average molecular weight is 218 g/mol. The molecule has 0 atom stereocenters. The number of nitrogens with two attached hydrogens (primary N) is 1. The summed E-state index contributed by atoms with van der Waals surface area (Å²) in [6, 6.07) is 4.32. The van der Waals surface area contributed by atoms with Crippen LogP contribution in [0.4, 0.5) is 0 Å². The Morgan fingerprint density at radius 3 is 2.25 bits per heavy atom. The molecule has 0 amide bonds. The molecule has 1 aromatic rings. The van der Waals surface area contributed by atoms with Crippen LogP contribution < -0.4 is 5.73 Å². The monoisotopic (exact) mass is 218 g/mol. The molecule has 0 saturated carbocycles. The van der Waals surface area contributed by atoms with Crippen LogP contribution in [0.5, 0.6) is 0 Å². The highest BCUT2D eigenvalue weighted by molar-refractivity contribution is 5.80. The van der Waals surface area contributed by atoms with Gasteiger partial charge in [0.15, 0.2) is 0 Å². The molecule has 0 bridgehead atoms. The third-order valence-corrected chi connectivity index (χ3v) is 3.01. The van der Waals surface area contributed by atoms with Crippen LogP contribution in [-0.4, -0.2) is 5.84 Å². The largest absolute Gasteiger partial charge is 0.387 e. The van der Waals surface area contributed by atoms with Gasteiger partial charge in [0, 0.05) is 6.42 Å². The van der Waals surface area contributed by atoms with Crippen LogP contribution in [0, 0.1) is 19.3 Å². The van der Waals surface area contributed by atoms with Gasteiger partial charge in [-0.3, -0.25) is 5.41 Å². The van der Waals surface area contributed by atoms with E-state index in [9.17, 15) is 0 Å². The van der Waals surface area contributed by atoms with E-state index in [2.05, 4.69) is 46.8 Å². The van der Waals surface area contributed by atoms with Gasteiger partial charge in [0.25, 0.3) is 0 Å². The molecule has 1 aromatic carbocycles. The Kier molecular flexibility index (Phi) is 3.41. The number of rotatable bonds is 2. The Morgan fingerprint density at radius 1 is 1.25 bits per heavy atom. The molecule has 0 aliphatic heterocycles. The van der Waals surface area contributed by atoms with E-state index in [1.165, 1.54) is 22.3 Å². The smallest absolute Gasteiger partial charge is 0.0950 e. The lowest BCUT2D eigenvalue weighted by Gasteiger charge is -2.24. The van der Waals surface area contributed by atoms with Crippen LogP contribution in [0.25, 0.3) is 0 Å². The Hall–Kier alpha value is -1.31. The van der Waals surface area contributed by atoms with Gasteiger partial charge < -0.3 is 5.73 Å². The first-order valence-corrected chi connectivity index (χ1v) is 5.66.